The molecule has 1 amide bonds. The first-order chi connectivity index (χ1) is 13.7. The number of thiazole rings is 1. The lowest BCUT2D eigenvalue weighted by Crippen LogP contribution is -2.41. The molecule has 8 heteroatoms. The predicted octanol–water partition coefficient (Wildman–Crippen LogP) is 5.73. The summed E-state index contributed by atoms with van der Waals surface area (Å²) in [7, 11) is 0. The average Bonchev–Trinajstić information content (AvgIpc) is 3.15. The van der Waals surface area contributed by atoms with Crippen molar-refractivity contribution in [2.24, 2.45) is 0 Å². The van der Waals surface area contributed by atoms with Crippen molar-refractivity contribution in [1.29, 1.82) is 0 Å². The molecule has 0 spiro atoms. The second-order valence-corrected chi connectivity index (χ2v) is 9.89. The first-order valence-corrected chi connectivity index (χ1v) is 11.9. The monoisotopic (exact) mass is 437 g/mol. The van der Waals surface area contributed by atoms with Crippen molar-refractivity contribution >= 4 is 34.9 Å². The number of hydrogen-bond acceptors (Lipinski definition) is 6. The SMILES string of the molecule is CSc1ccc(NCc2csc(C3CCN(C(=O)OC(C)(C)C)CC3)n2)c(F)c1. The third kappa shape index (κ3) is 6.09. The van der Waals surface area contributed by atoms with E-state index in [1.54, 1.807) is 22.3 Å². The van der Waals surface area contributed by atoms with Crippen molar-refractivity contribution in [2.45, 2.75) is 56.6 Å². The minimum Gasteiger partial charge on any atom is -0.444 e. The van der Waals surface area contributed by atoms with Crippen molar-refractivity contribution in [3.63, 3.8) is 0 Å². The van der Waals surface area contributed by atoms with Gasteiger partial charge in [0.2, 0.25) is 0 Å². The maximum atomic E-state index is 14.1. The molecule has 0 saturated carbocycles. The van der Waals surface area contributed by atoms with Gasteiger partial charge < -0.3 is 15.0 Å². The standard InChI is InChI=1S/C21H28FN3O2S2/c1-21(2,3)27-20(26)25-9-7-14(8-10-25)19-24-15(13-29-19)12-23-18-6-5-16(28-4)11-17(18)22/h5-6,11,13-14,23H,7-10,12H2,1-4H3. The average molecular weight is 438 g/mol. The molecule has 2 heterocycles. The molecule has 1 aliphatic heterocycles. The van der Waals surface area contributed by atoms with Gasteiger partial charge in [0.15, 0.2) is 0 Å². The summed E-state index contributed by atoms with van der Waals surface area (Å²) < 4.78 is 19.6. The van der Waals surface area contributed by atoms with Crippen LogP contribution in [-0.4, -0.2) is 40.9 Å². The molecule has 1 aromatic carbocycles. The Kier molecular flexibility index (Phi) is 7.05. The number of carbonyl (C=O) groups excluding carboxylic acids is 1. The molecule has 1 aromatic heterocycles. The predicted molar refractivity (Wildman–Crippen MR) is 117 cm³/mol. The van der Waals surface area contributed by atoms with Crippen LogP contribution in [0.25, 0.3) is 0 Å². The van der Waals surface area contributed by atoms with Crippen LogP contribution in [0.3, 0.4) is 0 Å². The van der Waals surface area contributed by atoms with E-state index in [1.165, 1.54) is 17.8 Å². The zero-order valence-electron chi connectivity index (χ0n) is 17.3. The minimum atomic E-state index is -0.472. The number of nitrogens with zero attached hydrogens (tertiary/aromatic N) is 2. The van der Waals surface area contributed by atoms with Gasteiger partial charge in [0.05, 0.1) is 22.9 Å². The fraction of sp³-hybridized carbons (Fsp3) is 0.524. The highest BCUT2D eigenvalue weighted by atomic mass is 32.2. The summed E-state index contributed by atoms with van der Waals surface area (Å²) in [6.45, 7) is 7.49. The number of piperidine rings is 1. The Labute approximate surface area is 180 Å². The largest absolute Gasteiger partial charge is 0.444 e. The number of thioether (sulfide) groups is 1. The number of aromatic nitrogens is 1. The highest BCUT2D eigenvalue weighted by Gasteiger charge is 2.28. The van der Waals surface area contributed by atoms with Gasteiger partial charge in [0.1, 0.15) is 11.4 Å². The summed E-state index contributed by atoms with van der Waals surface area (Å²) >= 11 is 3.16. The molecule has 3 rings (SSSR count). The Morgan fingerprint density at radius 1 is 1.38 bits per heavy atom. The molecule has 1 saturated heterocycles. The van der Waals surface area contributed by atoms with Gasteiger partial charge in [-0.15, -0.1) is 23.1 Å². The third-order valence-electron chi connectivity index (χ3n) is 4.70. The van der Waals surface area contributed by atoms with E-state index in [4.69, 9.17) is 9.72 Å². The van der Waals surface area contributed by atoms with Crippen LogP contribution in [0.15, 0.2) is 28.5 Å². The molecule has 1 N–H and O–H groups in total. The maximum Gasteiger partial charge on any atom is 0.410 e. The van der Waals surface area contributed by atoms with Gasteiger partial charge in [-0.25, -0.2) is 14.2 Å². The number of nitrogens with one attached hydrogen (secondary N) is 1. The smallest absolute Gasteiger partial charge is 0.410 e. The molecule has 2 aromatic rings. The lowest BCUT2D eigenvalue weighted by molar-refractivity contribution is 0.0205. The normalized spacial score (nSPS) is 15.4. The fourth-order valence-corrected chi connectivity index (χ4v) is 4.60. The van der Waals surface area contributed by atoms with Crippen molar-refractivity contribution in [3.8, 4) is 0 Å². The molecule has 1 aliphatic rings. The zero-order valence-corrected chi connectivity index (χ0v) is 19.0. The number of benzene rings is 1. The first-order valence-electron chi connectivity index (χ1n) is 9.75. The molecule has 29 heavy (non-hydrogen) atoms. The topological polar surface area (TPSA) is 54.5 Å². The molecule has 1 fully saturated rings. The maximum absolute atomic E-state index is 14.1. The van der Waals surface area contributed by atoms with E-state index < -0.39 is 5.60 Å². The number of anilines is 1. The van der Waals surface area contributed by atoms with Crippen LogP contribution in [0.5, 0.6) is 0 Å². The van der Waals surface area contributed by atoms with Crippen molar-refractivity contribution < 1.29 is 13.9 Å². The zero-order chi connectivity index (χ0) is 21.0. The van der Waals surface area contributed by atoms with Crippen LogP contribution in [0.2, 0.25) is 0 Å². The summed E-state index contributed by atoms with van der Waals surface area (Å²) in [5, 5.41) is 6.24. The highest BCUT2D eigenvalue weighted by Crippen LogP contribution is 2.31. The van der Waals surface area contributed by atoms with Gasteiger partial charge in [-0.1, -0.05) is 0 Å². The molecule has 0 bridgehead atoms. The Morgan fingerprint density at radius 3 is 2.72 bits per heavy atom. The quantitative estimate of drug-likeness (QED) is 0.605. The van der Waals surface area contributed by atoms with Crippen LogP contribution in [0.4, 0.5) is 14.9 Å². The van der Waals surface area contributed by atoms with Crippen LogP contribution in [-0.2, 0) is 11.3 Å². The molecule has 0 atom stereocenters. The molecule has 158 valence electrons. The van der Waals surface area contributed by atoms with E-state index in [9.17, 15) is 9.18 Å². The van der Waals surface area contributed by atoms with E-state index in [1.807, 2.05) is 38.5 Å². The van der Waals surface area contributed by atoms with Crippen LogP contribution in [0.1, 0.15) is 50.2 Å². The lowest BCUT2D eigenvalue weighted by atomic mass is 9.98. The molecule has 0 radical (unpaired) electrons. The summed E-state index contributed by atoms with van der Waals surface area (Å²) in [5.74, 6) is 0.104. The van der Waals surface area contributed by atoms with E-state index in [2.05, 4.69) is 5.32 Å². The second kappa shape index (κ2) is 9.34. The van der Waals surface area contributed by atoms with Gasteiger partial charge >= 0.3 is 6.09 Å². The summed E-state index contributed by atoms with van der Waals surface area (Å²) in [6, 6.07) is 5.21. The Hall–Kier alpha value is -1.80. The summed E-state index contributed by atoms with van der Waals surface area (Å²) in [5.41, 5.74) is 0.927. The Bertz CT molecular complexity index is 843. The number of amides is 1. The molecular formula is C21H28FN3O2S2. The lowest BCUT2D eigenvalue weighted by Gasteiger charge is -2.32. The van der Waals surface area contributed by atoms with Crippen LogP contribution < -0.4 is 5.32 Å². The van der Waals surface area contributed by atoms with Gasteiger partial charge in [0, 0.05) is 29.3 Å². The summed E-state index contributed by atoms with van der Waals surface area (Å²) in [6.07, 6.45) is 3.44. The molecular weight excluding hydrogens is 409 g/mol. The fourth-order valence-electron chi connectivity index (χ4n) is 3.18. The van der Waals surface area contributed by atoms with Crippen molar-refractivity contribution in [2.75, 3.05) is 24.7 Å². The number of ether oxygens (including phenoxy) is 1. The third-order valence-corrected chi connectivity index (χ3v) is 6.48. The number of rotatable bonds is 5. The second-order valence-electron chi connectivity index (χ2n) is 8.12. The van der Waals surface area contributed by atoms with E-state index in [0.717, 1.165) is 28.4 Å². The Morgan fingerprint density at radius 2 is 2.10 bits per heavy atom. The molecule has 5 nitrogen and oxygen atoms in total. The van der Waals surface area contributed by atoms with Crippen LogP contribution in [0, 0.1) is 5.82 Å². The number of carbonyl (C=O) groups is 1. The summed E-state index contributed by atoms with van der Waals surface area (Å²) in [4.78, 5) is 19.6. The van der Waals surface area contributed by atoms with Crippen molar-refractivity contribution in [3.05, 3.63) is 40.1 Å². The van der Waals surface area contributed by atoms with Gasteiger partial charge in [-0.3, -0.25) is 0 Å². The minimum absolute atomic E-state index is 0.241. The molecule has 0 aliphatic carbocycles. The number of hydrogen-bond donors (Lipinski definition) is 1. The van der Waals surface area contributed by atoms with Crippen molar-refractivity contribution in [1.82, 2.24) is 9.88 Å². The van der Waals surface area contributed by atoms with Gasteiger partial charge in [-0.2, -0.15) is 0 Å². The van der Waals surface area contributed by atoms with E-state index >= 15 is 0 Å². The van der Waals surface area contributed by atoms with E-state index in [0.29, 0.717) is 31.2 Å². The number of halogens is 1. The van der Waals surface area contributed by atoms with Crippen LogP contribution >= 0.6 is 23.1 Å². The van der Waals surface area contributed by atoms with Gasteiger partial charge in [0.25, 0.3) is 0 Å². The first kappa shape index (κ1) is 21.9. The van der Waals surface area contributed by atoms with Gasteiger partial charge in [-0.05, 0) is 58.1 Å². The van der Waals surface area contributed by atoms with E-state index in [-0.39, 0.29) is 11.9 Å². The number of likely N-dealkylation sites (tertiary alicyclic amines) is 1. The molecule has 0 unspecified atom stereocenters. The Balaban J connectivity index is 1.51. The highest BCUT2D eigenvalue weighted by molar-refractivity contribution is 7.98.